The van der Waals surface area contributed by atoms with Crippen LogP contribution in [-0.2, 0) is 0 Å². The molecular weight excluding hydrogens is 260 g/mol. The first-order chi connectivity index (χ1) is 9.56. The molecule has 0 saturated carbocycles. The molecule has 1 heterocycles. The number of nitrogen functional groups attached to an aromatic ring is 1. The maximum Gasteiger partial charge on any atom is 0.277 e. The molecule has 2 aromatic rings. The van der Waals surface area contributed by atoms with E-state index in [0.29, 0.717) is 17.0 Å². The predicted molar refractivity (Wildman–Crippen MR) is 73.2 cm³/mol. The Balaban J connectivity index is 2.62. The number of aryl methyl sites for hydroxylation is 1. The second-order valence-corrected chi connectivity index (χ2v) is 4.17. The maximum absolute atomic E-state index is 11.6. The van der Waals surface area contributed by atoms with Crippen molar-refractivity contribution in [2.45, 2.75) is 6.92 Å². The Kier molecular flexibility index (Phi) is 3.81. The number of carbonyl (C=O) groups is 1. The third-order valence-electron chi connectivity index (χ3n) is 2.81. The number of nitrogens with one attached hydrogen (secondary N) is 2. The third-order valence-corrected chi connectivity index (χ3v) is 2.81. The molecule has 0 atom stereocenters. The third kappa shape index (κ3) is 2.52. The quantitative estimate of drug-likeness (QED) is 0.425. The van der Waals surface area contributed by atoms with E-state index in [2.05, 4.69) is 10.2 Å². The zero-order valence-electron chi connectivity index (χ0n) is 11.1. The molecule has 2 rings (SSSR count). The SMILES string of the molecule is COc1ccc(C)cc1-c1cc(C(=O)NN)c(=O)[nH]n1. The molecule has 0 radical (unpaired) electrons. The minimum atomic E-state index is -0.679. The van der Waals surface area contributed by atoms with Crippen molar-refractivity contribution in [3.63, 3.8) is 0 Å². The average Bonchev–Trinajstić information content (AvgIpc) is 2.47. The van der Waals surface area contributed by atoms with Crippen molar-refractivity contribution >= 4 is 5.91 Å². The van der Waals surface area contributed by atoms with Gasteiger partial charge in [0.2, 0.25) is 0 Å². The van der Waals surface area contributed by atoms with Gasteiger partial charge in [-0.1, -0.05) is 11.6 Å². The van der Waals surface area contributed by atoms with Crippen LogP contribution >= 0.6 is 0 Å². The number of nitrogens with two attached hydrogens (primary N) is 1. The highest BCUT2D eigenvalue weighted by molar-refractivity contribution is 5.94. The van der Waals surface area contributed by atoms with Crippen LogP contribution in [0.3, 0.4) is 0 Å². The molecule has 0 spiro atoms. The number of benzene rings is 1. The van der Waals surface area contributed by atoms with Gasteiger partial charge in [-0.25, -0.2) is 10.9 Å². The Morgan fingerprint density at radius 3 is 2.80 bits per heavy atom. The number of amides is 1. The van der Waals surface area contributed by atoms with Gasteiger partial charge in [-0.15, -0.1) is 0 Å². The average molecular weight is 274 g/mol. The molecular formula is C13H14N4O3. The summed E-state index contributed by atoms with van der Waals surface area (Å²) < 4.78 is 5.25. The van der Waals surface area contributed by atoms with Gasteiger partial charge in [-0.3, -0.25) is 15.0 Å². The second kappa shape index (κ2) is 5.54. The van der Waals surface area contributed by atoms with Crippen molar-refractivity contribution in [3.05, 3.63) is 45.7 Å². The molecule has 7 heteroatoms. The number of carbonyl (C=O) groups excluding carboxylic acids is 1. The lowest BCUT2D eigenvalue weighted by atomic mass is 10.1. The smallest absolute Gasteiger partial charge is 0.277 e. The first-order valence-corrected chi connectivity index (χ1v) is 5.82. The summed E-state index contributed by atoms with van der Waals surface area (Å²) in [7, 11) is 1.54. The fraction of sp³-hybridized carbons (Fsp3) is 0.154. The number of H-pyrrole nitrogens is 1. The van der Waals surface area contributed by atoms with Crippen LogP contribution in [0.1, 0.15) is 15.9 Å². The first-order valence-electron chi connectivity index (χ1n) is 5.82. The predicted octanol–water partition coefficient (Wildman–Crippen LogP) is 0.357. The molecule has 4 N–H and O–H groups in total. The highest BCUT2D eigenvalue weighted by Gasteiger charge is 2.14. The van der Waals surface area contributed by atoms with E-state index < -0.39 is 11.5 Å². The van der Waals surface area contributed by atoms with E-state index in [-0.39, 0.29) is 5.56 Å². The fourth-order valence-corrected chi connectivity index (χ4v) is 1.81. The minimum Gasteiger partial charge on any atom is -0.496 e. The minimum absolute atomic E-state index is 0.110. The molecule has 0 aliphatic rings. The normalized spacial score (nSPS) is 10.2. The molecule has 1 amide bonds. The molecule has 7 nitrogen and oxygen atoms in total. The highest BCUT2D eigenvalue weighted by atomic mass is 16.5. The summed E-state index contributed by atoms with van der Waals surface area (Å²) >= 11 is 0. The van der Waals surface area contributed by atoms with Gasteiger partial charge in [-0.2, -0.15) is 5.10 Å². The zero-order chi connectivity index (χ0) is 14.7. The van der Waals surface area contributed by atoms with Crippen molar-refractivity contribution in [2.24, 2.45) is 5.84 Å². The Morgan fingerprint density at radius 2 is 2.15 bits per heavy atom. The van der Waals surface area contributed by atoms with E-state index in [1.54, 1.807) is 6.07 Å². The van der Waals surface area contributed by atoms with Gasteiger partial charge in [0.05, 0.1) is 12.8 Å². The number of hydrogen-bond acceptors (Lipinski definition) is 5. The standard InChI is InChI=1S/C13H14N4O3/c1-7-3-4-11(20-2)8(5-7)10-6-9(12(18)15-14)13(19)17-16-10/h3-6H,14H2,1-2H3,(H,15,18)(H,17,19). The van der Waals surface area contributed by atoms with E-state index in [1.165, 1.54) is 13.2 Å². The van der Waals surface area contributed by atoms with Gasteiger partial charge in [0.25, 0.3) is 11.5 Å². The second-order valence-electron chi connectivity index (χ2n) is 4.17. The summed E-state index contributed by atoms with van der Waals surface area (Å²) in [6.45, 7) is 1.92. The summed E-state index contributed by atoms with van der Waals surface area (Å²) in [5, 5.41) is 6.21. The van der Waals surface area contributed by atoms with Crippen molar-refractivity contribution in [2.75, 3.05) is 7.11 Å². The molecule has 0 aliphatic carbocycles. The number of ether oxygens (including phenoxy) is 1. The number of aromatic nitrogens is 2. The lowest BCUT2D eigenvalue weighted by molar-refractivity contribution is 0.0952. The number of methoxy groups -OCH3 is 1. The van der Waals surface area contributed by atoms with E-state index in [9.17, 15) is 9.59 Å². The van der Waals surface area contributed by atoms with Gasteiger partial charge in [0.15, 0.2) is 0 Å². The number of hydrazine groups is 1. The fourth-order valence-electron chi connectivity index (χ4n) is 1.81. The van der Waals surface area contributed by atoms with Gasteiger partial charge < -0.3 is 4.74 Å². The van der Waals surface area contributed by atoms with Gasteiger partial charge in [-0.05, 0) is 25.1 Å². The summed E-state index contributed by atoms with van der Waals surface area (Å²) in [6.07, 6.45) is 0. The van der Waals surface area contributed by atoms with Crippen LogP contribution in [0.15, 0.2) is 29.1 Å². The molecule has 0 unspecified atom stereocenters. The first kappa shape index (κ1) is 13.8. The summed E-state index contributed by atoms with van der Waals surface area (Å²) in [4.78, 5) is 23.1. The molecule has 1 aromatic carbocycles. The van der Waals surface area contributed by atoms with Crippen molar-refractivity contribution in [1.82, 2.24) is 15.6 Å². The summed E-state index contributed by atoms with van der Waals surface area (Å²) in [6, 6.07) is 6.91. The number of hydrogen-bond donors (Lipinski definition) is 3. The summed E-state index contributed by atoms with van der Waals surface area (Å²) in [5.74, 6) is 4.96. The Bertz CT molecular complexity index is 709. The van der Waals surface area contributed by atoms with Gasteiger partial charge in [0.1, 0.15) is 11.3 Å². The van der Waals surface area contributed by atoms with Crippen molar-refractivity contribution in [1.29, 1.82) is 0 Å². The monoisotopic (exact) mass is 274 g/mol. The van der Waals surface area contributed by atoms with Crippen molar-refractivity contribution < 1.29 is 9.53 Å². The lowest BCUT2D eigenvalue weighted by Crippen LogP contribution is -2.34. The largest absolute Gasteiger partial charge is 0.496 e. The lowest BCUT2D eigenvalue weighted by Gasteiger charge is -2.09. The Morgan fingerprint density at radius 1 is 1.40 bits per heavy atom. The Hall–Kier alpha value is -2.67. The topological polar surface area (TPSA) is 110 Å². The van der Waals surface area contributed by atoms with Crippen LogP contribution in [0.5, 0.6) is 5.75 Å². The summed E-state index contributed by atoms with van der Waals surface area (Å²) in [5.41, 5.74) is 3.30. The molecule has 0 bridgehead atoms. The molecule has 104 valence electrons. The Labute approximate surface area is 114 Å². The molecule has 0 saturated heterocycles. The molecule has 1 aromatic heterocycles. The highest BCUT2D eigenvalue weighted by Crippen LogP contribution is 2.29. The van der Waals surface area contributed by atoms with Crippen molar-refractivity contribution in [3.8, 4) is 17.0 Å². The maximum atomic E-state index is 11.6. The molecule has 0 fully saturated rings. The van der Waals surface area contributed by atoms with Crippen LogP contribution in [0.4, 0.5) is 0 Å². The van der Waals surface area contributed by atoms with Crippen LogP contribution in [0.25, 0.3) is 11.3 Å². The van der Waals surface area contributed by atoms with E-state index in [4.69, 9.17) is 10.6 Å². The number of nitrogens with zero attached hydrogens (tertiary/aromatic N) is 1. The zero-order valence-corrected chi connectivity index (χ0v) is 11.1. The van der Waals surface area contributed by atoms with Crippen LogP contribution in [-0.4, -0.2) is 23.2 Å². The van der Waals surface area contributed by atoms with E-state index in [1.807, 2.05) is 24.5 Å². The van der Waals surface area contributed by atoms with Crippen LogP contribution in [0.2, 0.25) is 0 Å². The molecule has 0 aliphatic heterocycles. The number of rotatable bonds is 3. The van der Waals surface area contributed by atoms with Gasteiger partial charge in [0, 0.05) is 5.56 Å². The van der Waals surface area contributed by atoms with E-state index in [0.717, 1.165) is 5.56 Å². The van der Waals surface area contributed by atoms with Gasteiger partial charge >= 0.3 is 0 Å². The van der Waals surface area contributed by atoms with Crippen LogP contribution in [0, 0.1) is 6.92 Å². The number of aromatic amines is 1. The van der Waals surface area contributed by atoms with E-state index >= 15 is 0 Å². The molecule has 20 heavy (non-hydrogen) atoms. The van der Waals surface area contributed by atoms with Crippen LogP contribution < -0.4 is 21.6 Å².